The normalized spacial score (nSPS) is 16.1. The van der Waals surface area contributed by atoms with E-state index in [1.54, 1.807) is 24.3 Å². The molecule has 1 heterocycles. The summed E-state index contributed by atoms with van der Waals surface area (Å²) in [6.07, 6.45) is 0.911. The molecule has 0 unspecified atom stereocenters. The second-order valence-electron chi connectivity index (χ2n) is 6.94. The molecule has 0 aromatic heterocycles. The van der Waals surface area contributed by atoms with Crippen LogP contribution in [0.1, 0.15) is 11.1 Å². The highest BCUT2D eigenvalue weighted by Crippen LogP contribution is 2.21. The van der Waals surface area contributed by atoms with Crippen LogP contribution in [0, 0.1) is 0 Å². The number of likely N-dealkylation sites (N-methyl/N-ethyl adjacent to an activating group) is 1. The van der Waals surface area contributed by atoms with E-state index in [1.807, 2.05) is 0 Å². The quantitative estimate of drug-likeness (QED) is 0.717. The van der Waals surface area contributed by atoms with Crippen LogP contribution >= 0.6 is 0 Å². The molecule has 1 atom stereocenters. The number of hydrogen-bond acceptors (Lipinski definition) is 4. The van der Waals surface area contributed by atoms with Crippen molar-refractivity contribution in [2.45, 2.75) is 19.0 Å². The molecule has 7 nitrogen and oxygen atoms in total. The Bertz CT molecular complexity index is 840. The number of urea groups is 1. The molecule has 0 bridgehead atoms. The van der Waals surface area contributed by atoms with Crippen LogP contribution in [0.25, 0.3) is 0 Å². The fourth-order valence-electron chi connectivity index (χ4n) is 3.34. The Morgan fingerprint density at radius 3 is 2.54 bits per heavy atom. The molecule has 1 aliphatic rings. The van der Waals surface area contributed by atoms with Crippen molar-refractivity contribution in [1.29, 1.82) is 0 Å². The standard InChI is InChI=1S/C21H26N4O3/c1-25-13-16-7-4-3-6-15(16)10-19(25)12-22-21(27)24-18-9-5-8-17(11-18)23-20(26)14-28-2/h3-9,11,19H,10,12-14H2,1-2H3,(H,23,26)(H2,22,24,27)/t19-/m0/s1. The second-order valence-corrected chi connectivity index (χ2v) is 6.94. The predicted octanol–water partition coefficient (Wildman–Crippen LogP) is 2.45. The van der Waals surface area contributed by atoms with Gasteiger partial charge in [0.15, 0.2) is 0 Å². The van der Waals surface area contributed by atoms with Crippen LogP contribution in [-0.2, 0) is 22.5 Å². The summed E-state index contributed by atoms with van der Waals surface area (Å²) >= 11 is 0. The van der Waals surface area contributed by atoms with E-state index in [0.717, 1.165) is 13.0 Å². The van der Waals surface area contributed by atoms with Gasteiger partial charge in [-0.2, -0.15) is 0 Å². The van der Waals surface area contributed by atoms with Crippen LogP contribution in [0.4, 0.5) is 16.2 Å². The molecule has 2 aromatic carbocycles. The third-order valence-corrected chi connectivity index (χ3v) is 4.79. The first-order valence-electron chi connectivity index (χ1n) is 9.26. The van der Waals surface area contributed by atoms with E-state index in [-0.39, 0.29) is 24.6 Å². The van der Waals surface area contributed by atoms with Crippen molar-refractivity contribution in [2.75, 3.05) is 37.9 Å². The maximum atomic E-state index is 12.3. The number of hydrogen-bond donors (Lipinski definition) is 3. The average molecular weight is 382 g/mol. The summed E-state index contributed by atoms with van der Waals surface area (Å²) in [6.45, 7) is 1.42. The average Bonchev–Trinajstić information content (AvgIpc) is 2.66. The summed E-state index contributed by atoms with van der Waals surface area (Å²) in [6, 6.07) is 15.4. The maximum absolute atomic E-state index is 12.3. The third-order valence-electron chi connectivity index (χ3n) is 4.79. The number of nitrogens with one attached hydrogen (secondary N) is 3. The van der Waals surface area contributed by atoms with Crippen molar-refractivity contribution >= 4 is 23.3 Å². The minimum atomic E-state index is -0.271. The summed E-state index contributed by atoms with van der Waals surface area (Å²) in [7, 11) is 3.54. The van der Waals surface area contributed by atoms with E-state index in [4.69, 9.17) is 4.74 Å². The highest BCUT2D eigenvalue weighted by Gasteiger charge is 2.23. The molecule has 3 amide bonds. The zero-order valence-corrected chi connectivity index (χ0v) is 16.2. The van der Waals surface area contributed by atoms with Crippen molar-refractivity contribution in [3.63, 3.8) is 0 Å². The molecule has 0 radical (unpaired) electrons. The number of anilines is 2. The molecule has 3 N–H and O–H groups in total. The Labute approximate surface area is 165 Å². The Kier molecular flexibility index (Phi) is 6.62. The number of fused-ring (bicyclic) bond motifs is 1. The number of amides is 3. The van der Waals surface area contributed by atoms with Crippen LogP contribution < -0.4 is 16.0 Å². The SMILES string of the molecule is COCC(=O)Nc1cccc(NC(=O)NC[C@@H]2Cc3ccccc3CN2C)c1. The largest absolute Gasteiger partial charge is 0.375 e. The molecule has 0 saturated carbocycles. The van der Waals surface area contributed by atoms with E-state index >= 15 is 0 Å². The Hall–Kier alpha value is -2.90. The van der Waals surface area contributed by atoms with E-state index in [1.165, 1.54) is 18.2 Å². The summed E-state index contributed by atoms with van der Waals surface area (Å²) in [5, 5.41) is 8.47. The number of rotatable bonds is 6. The van der Waals surface area contributed by atoms with Crippen molar-refractivity contribution < 1.29 is 14.3 Å². The molecule has 1 aliphatic heterocycles. The topological polar surface area (TPSA) is 82.7 Å². The number of carbonyl (C=O) groups excluding carboxylic acids is 2. The molecule has 7 heteroatoms. The van der Waals surface area contributed by atoms with Gasteiger partial charge in [-0.3, -0.25) is 9.69 Å². The van der Waals surface area contributed by atoms with Crippen LogP contribution in [0.3, 0.4) is 0 Å². The zero-order chi connectivity index (χ0) is 19.9. The monoisotopic (exact) mass is 382 g/mol. The lowest BCUT2D eigenvalue weighted by Crippen LogP contribution is -2.46. The fraction of sp³-hybridized carbons (Fsp3) is 0.333. The molecular weight excluding hydrogens is 356 g/mol. The van der Waals surface area contributed by atoms with Gasteiger partial charge in [-0.25, -0.2) is 4.79 Å². The van der Waals surface area contributed by atoms with Gasteiger partial charge in [-0.05, 0) is 42.8 Å². The predicted molar refractivity (Wildman–Crippen MR) is 109 cm³/mol. The summed E-state index contributed by atoms with van der Waals surface area (Å²) in [4.78, 5) is 26.2. The first-order chi connectivity index (χ1) is 13.5. The molecule has 3 rings (SSSR count). The molecule has 0 fully saturated rings. The maximum Gasteiger partial charge on any atom is 0.319 e. The van der Waals surface area contributed by atoms with Crippen molar-refractivity contribution in [3.8, 4) is 0 Å². The summed E-state index contributed by atoms with van der Waals surface area (Å²) < 4.78 is 4.80. The number of nitrogens with zero attached hydrogens (tertiary/aromatic N) is 1. The molecule has 28 heavy (non-hydrogen) atoms. The first kappa shape index (κ1) is 19.9. The van der Waals surface area contributed by atoms with Crippen LogP contribution in [0.5, 0.6) is 0 Å². The lowest BCUT2D eigenvalue weighted by molar-refractivity contribution is -0.119. The Morgan fingerprint density at radius 2 is 1.79 bits per heavy atom. The number of benzene rings is 2. The Morgan fingerprint density at radius 1 is 1.07 bits per heavy atom. The van der Waals surface area contributed by atoms with Crippen molar-refractivity contribution in [3.05, 3.63) is 59.7 Å². The molecule has 0 spiro atoms. The molecule has 0 aliphatic carbocycles. The zero-order valence-electron chi connectivity index (χ0n) is 16.2. The van der Waals surface area contributed by atoms with E-state index in [0.29, 0.717) is 17.9 Å². The number of methoxy groups -OCH3 is 1. The van der Waals surface area contributed by atoms with Gasteiger partial charge in [0, 0.05) is 37.6 Å². The van der Waals surface area contributed by atoms with E-state index in [2.05, 4.69) is 52.2 Å². The van der Waals surface area contributed by atoms with Gasteiger partial charge in [-0.1, -0.05) is 30.3 Å². The smallest absolute Gasteiger partial charge is 0.319 e. The fourth-order valence-corrected chi connectivity index (χ4v) is 3.34. The second kappa shape index (κ2) is 9.34. The number of ether oxygens (including phenoxy) is 1. The van der Waals surface area contributed by atoms with E-state index < -0.39 is 0 Å². The van der Waals surface area contributed by atoms with Crippen LogP contribution in [0.2, 0.25) is 0 Å². The van der Waals surface area contributed by atoms with Crippen molar-refractivity contribution in [1.82, 2.24) is 10.2 Å². The van der Waals surface area contributed by atoms with Gasteiger partial charge in [-0.15, -0.1) is 0 Å². The summed E-state index contributed by atoms with van der Waals surface area (Å²) in [5.41, 5.74) is 3.89. The first-order valence-corrected chi connectivity index (χ1v) is 9.26. The third kappa shape index (κ3) is 5.31. The van der Waals surface area contributed by atoms with Crippen LogP contribution in [0.15, 0.2) is 48.5 Å². The molecule has 2 aromatic rings. The van der Waals surface area contributed by atoms with Crippen molar-refractivity contribution in [2.24, 2.45) is 0 Å². The molecule has 148 valence electrons. The van der Waals surface area contributed by atoms with Gasteiger partial charge in [0.1, 0.15) is 6.61 Å². The van der Waals surface area contributed by atoms with Crippen LogP contribution in [-0.4, -0.2) is 50.2 Å². The molecular formula is C21H26N4O3. The minimum absolute atomic E-state index is 0.0177. The van der Waals surface area contributed by atoms with Gasteiger partial charge in [0.25, 0.3) is 0 Å². The lowest BCUT2D eigenvalue weighted by Gasteiger charge is -2.34. The minimum Gasteiger partial charge on any atom is -0.375 e. The van der Waals surface area contributed by atoms with Gasteiger partial charge in [0.05, 0.1) is 0 Å². The van der Waals surface area contributed by atoms with E-state index in [9.17, 15) is 9.59 Å². The molecule has 0 saturated heterocycles. The van der Waals surface area contributed by atoms with Gasteiger partial charge >= 0.3 is 6.03 Å². The number of carbonyl (C=O) groups is 2. The van der Waals surface area contributed by atoms with Gasteiger partial charge < -0.3 is 20.7 Å². The highest BCUT2D eigenvalue weighted by molar-refractivity contribution is 5.94. The Balaban J connectivity index is 1.51. The summed E-state index contributed by atoms with van der Waals surface area (Å²) in [5.74, 6) is -0.246. The van der Waals surface area contributed by atoms with Gasteiger partial charge in [0.2, 0.25) is 5.91 Å². The lowest BCUT2D eigenvalue weighted by atomic mass is 9.94. The highest BCUT2D eigenvalue weighted by atomic mass is 16.5.